The second kappa shape index (κ2) is 12.2. The van der Waals surface area contributed by atoms with Crippen LogP contribution in [0.25, 0.3) is 11.1 Å². The number of para-hydroxylation sites is 1. The predicted molar refractivity (Wildman–Crippen MR) is 127 cm³/mol. The Labute approximate surface area is 198 Å². The molecule has 7 heteroatoms. The SMILES string of the molecule is O=C(O)CNC(=O)[C@H](Cc1ccc(-c2ccccc2)cc1)CC(COc1ccccc1)C(=O)O. The maximum Gasteiger partial charge on any atom is 0.322 e. The smallest absolute Gasteiger partial charge is 0.322 e. The number of benzene rings is 3. The summed E-state index contributed by atoms with van der Waals surface area (Å²) in [7, 11) is 0. The molecule has 0 aliphatic heterocycles. The van der Waals surface area contributed by atoms with Gasteiger partial charge in [0.25, 0.3) is 0 Å². The largest absolute Gasteiger partial charge is 0.493 e. The normalized spacial score (nSPS) is 12.4. The van der Waals surface area contributed by atoms with Crippen LogP contribution in [0.2, 0.25) is 0 Å². The van der Waals surface area contributed by atoms with Crippen molar-refractivity contribution in [3.05, 3.63) is 90.5 Å². The Kier molecular flexibility index (Phi) is 8.80. The molecule has 0 heterocycles. The van der Waals surface area contributed by atoms with E-state index in [-0.39, 0.29) is 19.4 Å². The Morgan fingerprint density at radius 3 is 1.94 bits per heavy atom. The highest BCUT2D eigenvalue weighted by Crippen LogP contribution is 2.23. The highest BCUT2D eigenvalue weighted by Gasteiger charge is 2.28. The second-order valence-electron chi connectivity index (χ2n) is 7.97. The lowest BCUT2D eigenvalue weighted by Gasteiger charge is -2.21. The van der Waals surface area contributed by atoms with Crippen LogP contribution in [0.4, 0.5) is 0 Å². The summed E-state index contributed by atoms with van der Waals surface area (Å²) in [4.78, 5) is 35.6. The summed E-state index contributed by atoms with van der Waals surface area (Å²) in [5.41, 5.74) is 2.94. The molecule has 0 saturated carbocycles. The molecule has 1 unspecified atom stereocenters. The highest BCUT2D eigenvalue weighted by molar-refractivity contribution is 5.83. The van der Waals surface area contributed by atoms with E-state index in [0.717, 1.165) is 16.7 Å². The van der Waals surface area contributed by atoms with Crippen molar-refractivity contribution in [3.63, 3.8) is 0 Å². The van der Waals surface area contributed by atoms with Crippen LogP contribution in [0.15, 0.2) is 84.9 Å². The van der Waals surface area contributed by atoms with Crippen molar-refractivity contribution in [1.82, 2.24) is 5.32 Å². The minimum atomic E-state index is -1.17. The summed E-state index contributed by atoms with van der Waals surface area (Å²) in [6.45, 7) is -0.629. The molecule has 3 N–H and O–H groups in total. The maximum atomic E-state index is 12.8. The number of carboxylic acids is 2. The quantitative estimate of drug-likeness (QED) is 0.377. The van der Waals surface area contributed by atoms with Gasteiger partial charge in [-0.05, 0) is 41.7 Å². The van der Waals surface area contributed by atoms with Gasteiger partial charge in [0.05, 0.1) is 5.92 Å². The molecule has 0 fully saturated rings. The zero-order chi connectivity index (χ0) is 24.3. The number of hydrogen-bond donors (Lipinski definition) is 3. The maximum absolute atomic E-state index is 12.8. The molecule has 1 amide bonds. The van der Waals surface area contributed by atoms with Crippen molar-refractivity contribution in [3.8, 4) is 16.9 Å². The fraction of sp³-hybridized carbons (Fsp3) is 0.222. The predicted octanol–water partition coefficient (Wildman–Crippen LogP) is 3.88. The number of hydrogen-bond acceptors (Lipinski definition) is 4. The molecule has 0 aliphatic carbocycles. The Hall–Kier alpha value is -4.13. The van der Waals surface area contributed by atoms with Crippen LogP contribution in [-0.4, -0.2) is 41.2 Å². The van der Waals surface area contributed by atoms with E-state index in [1.165, 1.54) is 0 Å². The number of aliphatic carboxylic acids is 2. The summed E-state index contributed by atoms with van der Waals surface area (Å²) in [6.07, 6.45) is 0.281. The monoisotopic (exact) mass is 461 g/mol. The Morgan fingerprint density at radius 1 is 0.765 bits per heavy atom. The summed E-state index contributed by atoms with van der Waals surface area (Å²) in [5, 5.41) is 21.0. The third kappa shape index (κ3) is 7.48. The zero-order valence-corrected chi connectivity index (χ0v) is 18.6. The number of amides is 1. The summed E-state index contributed by atoms with van der Waals surface area (Å²) < 4.78 is 5.62. The molecule has 0 spiro atoms. The van der Waals surface area contributed by atoms with Crippen molar-refractivity contribution in [1.29, 1.82) is 0 Å². The number of carbonyl (C=O) groups excluding carboxylic acids is 1. The van der Waals surface area contributed by atoms with E-state index in [0.29, 0.717) is 5.75 Å². The molecule has 0 bridgehead atoms. The third-order valence-corrected chi connectivity index (χ3v) is 5.44. The molecule has 0 aliphatic rings. The molecule has 2 atom stereocenters. The first-order valence-corrected chi connectivity index (χ1v) is 11.0. The van der Waals surface area contributed by atoms with E-state index in [1.807, 2.05) is 60.7 Å². The average Bonchev–Trinajstić information content (AvgIpc) is 2.85. The number of rotatable bonds is 12. The van der Waals surface area contributed by atoms with Gasteiger partial charge in [-0.25, -0.2) is 0 Å². The van der Waals surface area contributed by atoms with Gasteiger partial charge in [0.15, 0.2) is 0 Å². The first-order chi connectivity index (χ1) is 16.4. The van der Waals surface area contributed by atoms with Crippen molar-refractivity contribution < 1.29 is 29.3 Å². The molecule has 0 saturated heterocycles. The first-order valence-electron chi connectivity index (χ1n) is 11.0. The van der Waals surface area contributed by atoms with E-state index in [4.69, 9.17) is 9.84 Å². The molecule has 0 radical (unpaired) electrons. The van der Waals surface area contributed by atoms with Gasteiger partial charge in [0.2, 0.25) is 5.91 Å². The van der Waals surface area contributed by atoms with Crippen molar-refractivity contribution in [2.75, 3.05) is 13.2 Å². The molecule has 3 rings (SSSR count). The summed E-state index contributed by atoms with van der Waals surface area (Å²) in [6, 6.07) is 26.4. The molecular formula is C27H27NO6. The lowest BCUT2D eigenvalue weighted by atomic mass is 9.88. The van der Waals surface area contributed by atoms with Gasteiger partial charge in [-0.2, -0.15) is 0 Å². The van der Waals surface area contributed by atoms with Crippen LogP contribution < -0.4 is 10.1 Å². The molecule has 3 aromatic rings. The Balaban J connectivity index is 1.73. The van der Waals surface area contributed by atoms with Gasteiger partial charge >= 0.3 is 11.9 Å². The lowest BCUT2D eigenvalue weighted by Crippen LogP contribution is -2.38. The van der Waals surface area contributed by atoms with Crippen LogP contribution >= 0.6 is 0 Å². The van der Waals surface area contributed by atoms with Gasteiger partial charge in [0, 0.05) is 5.92 Å². The van der Waals surface area contributed by atoms with Gasteiger partial charge in [-0.15, -0.1) is 0 Å². The molecule has 7 nitrogen and oxygen atoms in total. The molecule has 34 heavy (non-hydrogen) atoms. The fourth-order valence-corrected chi connectivity index (χ4v) is 3.64. The number of nitrogens with one attached hydrogen (secondary N) is 1. The van der Waals surface area contributed by atoms with Crippen LogP contribution in [-0.2, 0) is 20.8 Å². The number of carbonyl (C=O) groups is 3. The summed E-state index contributed by atoms with van der Waals surface area (Å²) in [5.74, 6) is -3.88. The van der Waals surface area contributed by atoms with E-state index in [2.05, 4.69) is 5.32 Å². The highest BCUT2D eigenvalue weighted by atomic mass is 16.5. The van der Waals surface area contributed by atoms with Crippen molar-refractivity contribution in [2.24, 2.45) is 11.8 Å². The minimum Gasteiger partial charge on any atom is -0.493 e. The summed E-state index contributed by atoms with van der Waals surface area (Å²) >= 11 is 0. The standard InChI is InChI=1S/C27H27NO6/c29-25(30)17-28-26(31)22(16-23(27(32)33)18-34-24-9-5-2-6-10-24)15-19-11-13-21(14-12-19)20-7-3-1-4-8-20/h1-14,22-23H,15-18H2,(H,28,31)(H,29,30)(H,32,33)/t22-,23?/m1/s1. The van der Waals surface area contributed by atoms with Gasteiger partial charge in [-0.1, -0.05) is 72.8 Å². The lowest BCUT2D eigenvalue weighted by molar-refractivity contribution is -0.144. The van der Waals surface area contributed by atoms with Gasteiger partial charge in [0.1, 0.15) is 18.9 Å². The van der Waals surface area contributed by atoms with Crippen LogP contribution in [0.1, 0.15) is 12.0 Å². The van der Waals surface area contributed by atoms with Crippen LogP contribution in [0, 0.1) is 11.8 Å². The minimum absolute atomic E-state index is 0.00799. The first kappa shape index (κ1) is 24.5. The van der Waals surface area contributed by atoms with Crippen molar-refractivity contribution >= 4 is 17.8 Å². The van der Waals surface area contributed by atoms with E-state index >= 15 is 0 Å². The third-order valence-electron chi connectivity index (χ3n) is 5.44. The van der Waals surface area contributed by atoms with E-state index < -0.39 is 36.2 Å². The van der Waals surface area contributed by atoms with Crippen molar-refractivity contribution in [2.45, 2.75) is 12.8 Å². The second-order valence-corrected chi connectivity index (χ2v) is 7.97. The Morgan fingerprint density at radius 2 is 1.35 bits per heavy atom. The van der Waals surface area contributed by atoms with Crippen LogP contribution in [0.5, 0.6) is 5.75 Å². The average molecular weight is 462 g/mol. The van der Waals surface area contributed by atoms with Gasteiger partial charge in [-0.3, -0.25) is 14.4 Å². The number of carboxylic acid groups (broad SMARTS) is 2. The van der Waals surface area contributed by atoms with Gasteiger partial charge < -0.3 is 20.3 Å². The topological polar surface area (TPSA) is 113 Å². The molecular weight excluding hydrogens is 434 g/mol. The van der Waals surface area contributed by atoms with Crippen LogP contribution in [0.3, 0.4) is 0 Å². The Bertz CT molecular complexity index is 1080. The zero-order valence-electron chi connectivity index (χ0n) is 18.6. The fourth-order valence-electron chi connectivity index (χ4n) is 3.64. The van der Waals surface area contributed by atoms with E-state index in [9.17, 15) is 19.5 Å². The van der Waals surface area contributed by atoms with E-state index in [1.54, 1.807) is 24.3 Å². The number of ether oxygens (including phenoxy) is 1. The molecule has 176 valence electrons. The molecule has 0 aromatic heterocycles. The molecule has 3 aromatic carbocycles.